The SMILES string of the molecule is Cl.Cl.NCCCC[C@H](N)C(=O)Nc1ccc(C#Cc2c(F)c(F)nc(F)c2F)cc1. The normalized spacial score (nSPS) is 10.7. The van der Waals surface area contributed by atoms with E-state index in [2.05, 4.69) is 16.2 Å². The highest BCUT2D eigenvalue weighted by molar-refractivity contribution is 5.94. The minimum Gasteiger partial charge on any atom is -0.330 e. The van der Waals surface area contributed by atoms with E-state index in [0.29, 0.717) is 24.2 Å². The first-order chi connectivity index (χ1) is 13.3. The Kier molecular flexibility index (Phi) is 12.0. The van der Waals surface area contributed by atoms with E-state index >= 15 is 0 Å². The summed E-state index contributed by atoms with van der Waals surface area (Å²) in [6, 6.07) is 5.27. The number of anilines is 1. The van der Waals surface area contributed by atoms with E-state index in [9.17, 15) is 22.4 Å². The lowest BCUT2D eigenvalue weighted by molar-refractivity contribution is -0.117. The highest BCUT2D eigenvalue weighted by atomic mass is 35.5. The number of nitrogens with two attached hydrogens (primary N) is 2. The highest BCUT2D eigenvalue weighted by Gasteiger charge is 2.19. The van der Waals surface area contributed by atoms with Gasteiger partial charge in [0.2, 0.25) is 5.91 Å². The van der Waals surface area contributed by atoms with Crippen molar-refractivity contribution in [2.45, 2.75) is 25.3 Å². The molecule has 1 heterocycles. The van der Waals surface area contributed by atoms with Crippen molar-refractivity contribution in [3.05, 3.63) is 58.9 Å². The number of aromatic nitrogens is 1. The van der Waals surface area contributed by atoms with Crippen LogP contribution in [0.25, 0.3) is 0 Å². The molecule has 0 bridgehead atoms. The van der Waals surface area contributed by atoms with Gasteiger partial charge in [-0.1, -0.05) is 18.3 Å². The topological polar surface area (TPSA) is 94.0 Å². The molecular weight excluding hydrogens is 447 g/mol. The van der Waals surface area contributed by atoms with Crippen molar-refractivity contribution in [2.24, 2.45) is 11.5 Å². The minimum atomic E-state index is -1.77. The van der Waals surface area contributed by atoms with Gasteiger partial charge in [0.05, 0.1) is 6.04 Å². The van der Waals surface area contributed by atoms with Crippen molar-refractivity contribution in [3.63, 3.8) is 0 Å². The molecule has 11 heteroatoms. The molecule has 1 aromatic carbocycles. The summed E-state index contributed by atoms with van der Waals surface area (Å²) in [4.78, 5) is 14.4. The zero-order valence-corrected chi connectivity index (χ0v) is 17.2. The number of carbonyl (C=O) groups is 1. The Bertz CT molecular complexity index is 891. The molecule has 0 aliphatic rings. The molecule has 0 radical (unpaired) electrons. The maximum Gasteiger partial charge on any atom is 0.253 e. The molecule has 0 fully saturated rings. The molecule has 2 rings (SSSR count). The zero-order chi connectivity index (χ0) is 20.7. The average Bonchev–Trinajstić information content (AvgIpc) is 2.67. The number of rotatable bonds is 6. The lowest BCUT2D eigenvalue weighted by Gasteiger charge is -2.12. The first-order valence-electron chi connectivity index (χ1n) is 8.42. The molecule has 5 nitrogen and oxygen atoms in total. The van der Waals surface area contributed by atoms with E-state index in [4.69, 9.17) is 11.5 Å². The fourth-order valence-corrected chi connectivity index (χ4v) is 2.24. The van der Waals surface area contributed by atoms with Crippen molar-refractivity contribution >= 4 is 36.4 Å². The van der Waals surface area contributed by atoms with Gasteiger partial charge in [0.25, 0.3) is 11.9 Å². The third-order valence-electron chi connectivity index (χ3n) is 3.79. The molecule has 1 atom stereocenters. The molecule has 1 amide bonds. The van der Waals surface area contributed by atoms with Gasteiger partial charge in [-0.2, -0.15) is 13.8 Å². The summed E-state index contributed by atoms with van der Waals surface area (Å²) in [6.45, 7) is 0.531. The van der Waals surface area contributed by atoms with Crippen LogP contribution < -0.4 is 16.8 Å². The van der Waals surface area contributed by atoms with Crippen LogP contribution >= 0.6 is 24.8 Å². The van der Waals surface area contributed by atoms with E-state index < -0.39 is 35.1 Å². The molecule has 30 heavy (non-hydrogen) atoms. The van der Waals surface area contributed by atoms with Gasteiger partial charge >= 0.3 is 0 Å². The summed E-state index contributed by atoms with van der Waals surface area (Å²) in [5.74, 6) is -2.80. The van der Waals surface area contributed by atoms with Crippen molar-refractivity contribution in [3.8, 4) is 11.8 Å². The monoisotopic (exact) mass is 466 g/mol. The van der Waals surface area contributed by atoms with Gasteiger partial charge in [0, 0.05) is 11.3 Å². The zero-order valence-electron chi connectivity index (χ0n) is 15.6. The molecule has 0 aliphatic heterocycles. The Morgan fingerprint density at radius 3 is 2.10 bits per heavy atom. The summed E-state index contributed by atoms with van der Waals surface area (Å²) in [7, 11) is 0. The van der Waals surface area contributed by atoms with Gasteiger partial charge in [-0.25, -0.2) is 8.78 Å². The van der Waals surface area contributed by atoms with E-state index in [1.807, 2.05) is 5.92 Å². The third-order valence-corrected chi connectivity index (χ3v) is 3.79. The molecule has 5 N–H and O–H groups in total. The van der Waals surface area contributed by atoms with E-state index in [-0.39, 0.29) is 30.7 Å². The van der Waals surface area contributed by atoms with E-state index in [1.54, 1.807) is 0 Å². The fraction of sp³-hybridized carbons (Fsp3) is 0.263. The number of benzene rings is 1. The van der Waals surface area contributed by atoms with Crippen LogP contribution in [0.2, 0.25) is 0 Å². The van der Waals surface area contributed by atoms with Crippen LogP contribution in [-0.4, -0.2) is 23.5 Å². The van der Waals surface area contributed by atoms with Crippen molar-refractivity contribution in [2.75, 3.05) is 11.9 Å². The molecule has 164 valence electrons. The Hall–Kier alpha value is -2.38. The Morgan fingerprint density at radius 1 is 1.00 bits per heavy atom. The fourth-order valence-electron chi connectivity index (χ4n) is 2.24. The Labute approximate surface area is 183 Å². The van der Waals surface area contributed by atoms with Crippen molar-refractivity contribution < 1.29 is 22.4 Å². The molecule has 1 aromatic heterocycles. The molecule has 2 aromatic rings. The first-order valence-corrected chi connectivity index (χ1v) is 8.42. The maximum absolute atomic E-state index is 13.5. The second-order valence-corrected chi connectivity index (χ2v) is 5.90. The molecule has 0 aliphatic carbocycles. The lowest BCUT2D eigenvalue weighted by atomic mass is 10.1. The standard InChI is InChI=1S/C19H18F4N4O.2ClH/c20-15-13(16(21)18(23)27-17(15)22)9-6-11-4-7-12(8-5-11)26-19(28)14(25)3-1-2-10-24;;/h4-5,7-8,14H,1-3,10,24-25H2,(H,26,28);2*1H/t14-;;/m0../s1. The highest BCUT2D eigenvalue weighted by Crippen LogP contribution is 2.16. The number of hydrogen-bond donors (Lipinski definition) is 3. The summed E-state index contributed by atoms with van der Waals surface area (Å²) in [6.07, 6.45) is 2.02. The number of carbonyl (C=O) groups excluding carboxylic acids is 1. The smallest absolute Gasteiger partial charge is 0.253 e. The minimum absolute atomic E-state index is 0. The average molecular weight is 467 g/mol. The van der Waals surface area contributed by atoms with Crippen LogP contribution in [0.3, 0.4) is 0 Å². The van der Waals surface area contributed by atoms with Crippen LogP contribution in [0.4, 0.5) is 23.2 Å². The van der Waals surface area contributed by atoms with Gasteiger partial charge in [-0.05, 0) is 43.7 Å². The second kappa shape index (κ2) is 13.0. The number of halogens is 6. The van der Waals surface area contributed by atoms with Gasteiger partial charge in [0.1, 0.15) is 5.56 Å². The number of nitrogens with one attached hydrogen (secondary N) is 1. The van der Waals surface area contributed by atoms with Crippen LogP contribution in [0.1, 0.15) is 30.4 Å². The van der Waals surface area contributed by atoms with Crippen molar-refractivity contribution in [1.29, 1.82) is 0 Å². The van der Waals surface area contributed by atoms with Gasteiger partial charge < -0.3 is 16.8 Å². The summed E-state index contributed by atoms with van der Waals surface area (Å²) >= 11 is 0. The van der Waals surface area contributed by atoms with Crippen LogP contribution in [0.15, 0.2) is 24.3 Å². The van der Waals surface area contributed by atoms with Crippen LogP contribution in [0.5, 0.6) is 0 Å². The van der Waals surface area contributed by atoms with E-state index in [1.165, 1.54) is 24.3 Å². The number of unbranched alkanes of at least 4 members (excludes halogenated alkanes) is 1. The molecular formula is C19H20Cl2F4N4O. The first kappa shape index (κ1) is 27.6. The van der Waals surface area contributed by atoms with Crippen LogP contribution in [0, 0.1) is 35.4 Å². The molecule has 0 spiro atoms. The summed E-state index contributed by atoms with van der Waals surface area (Å²) in [5.41, 5.74) is 10.9. The van der Waals surface area contributed by atoms with Crippen molar-refractivity contribution in [1.82, 2.24) is 4.98 Å². The molecule has 0 saturated heterocycles. The quantitative estimate of drug-likeness (QED) is 0.263. The molecule has 0 unspecified atom stereocenters. The van der Waals surface area contributed by atoms with Gasteiger partial charge in [-0.15, -0.1) is 24.8 Å². The van der Waals surface area contributed by atoms with Crippen LogP contribution in [-0.2, 0) is 4.79 Å². The van der Waals surface area contributed by atoms with Gasteiger partial charge in [0.15, 0.2) is 11.6 Å². The number of nitrogens with zero attached hydrogens (tertiary/aromatic N) is 1. The predicted molar refractivity (Wildman–Crippen MR) is 110 cm³/mol. The number of pyridine rings is 1. The Morgan fingerprint density at radius 2 is 1.57 bits per heavy atom. The largest absolute Gasteiger partial charge is 0.330 e. The summed E-state index contributed by atoms with van der Waals surface area (Å²) in [5, 5.41) is 2.63. The summed E-state index contributed by atoms with van der Waals surface area (Å²) < 4.78 is 53.2. The predicted octanol–water partition coefficient (Wildman–Crippen LogP) is 3.28. The third kappa shape index (κ3) is 7.46. The lowest BCUT2D eigenvalue weighted by Crippen LogP contribution is -2.35. The number of hydrogen-bond acceptors (Lipinski definition) is 4. The van der Waals surface area contributed by atoms with E-state index in [0.717, 1.165) is 12.8 Å². The molecule has 0 saturated carbocycles. The Balaban J connectivity index is 0.00000420. The second-order valence-electron chi connectivity index (χ2n) is 5.90. The number of amides is 1. The maximum atomic E-state index is 13.5. The van der Waals surface area contributed by atoms with Gasteiger partial charge in [-0.3, -0.25) is 4.79 Å².